The van der Waals surface area contributed by atoms with Gasteiger partial charge in [0.05, 0.1) is 4.58 Å². The fourth-order valence-corrected chi connectivity index (χ4v) is 6.14. The number of anilines is 1. The zero-order chi connectivity index (χ0) is 19.2. The second-order valence-corrected chi connectivity index (χ2v) is 9.43. The van der Waals surface area contributed by atoms with E-state index >= 15 is 0 Å². The van der Waals surface area contributed by atoms with E-state index in [1.807, 2.05) is 40.6 Å². The van der Waals surface area contributed by atoms with Crippen molar-refractivity contribution in [3.63, 3.8) is 0 Å². The van der Waals surface area contributed by atoms with Crippen molar-refractivity contribution in [2.45, 2.75) is 11.0 Å². The Labute approximate surface area is 174 Å². The standard InChI is InChI=1S/C20H24N4O2S2/c25-18(23-9-11-24(12-10-23)20-21-7-1-8-22-20)15-26-17-5-3-16(4-6-17)19-27-13-2-14-28-19/h1,3-8,19H,2,9-15H2. The molecule has 2 aliphatic rings. The minimum absolute atomic E-state index is 0.0242. The Morgan fingerprint density at radius 2 is 1.71 bits per heavy atom. The van der Waals surface area contributed by atoms with Gasteiger partial charge in [-0.1, -0.05) is 12.1 Å². The van der Waals surface area contributed by atoms with Gasteiger partial charge in [-0.15, -0.1) is 23.5 Å². The molecule has 28 heavy (non-hydrogen) atoms. The average Bonchev–Trinajstić information content (AvgIpc) is 2.79. The van der Waals surface area contributed by atoms with Crippen molar-refractivity contribution in [2.75, 3.05) is 49.2 Å². The lowest BCUT2D eigenvalue weighted by Gasteiger charge is -2.34. The van der Waals surface area contributed by atoms with Crippen molar-refractivity contribution in [3.05, 3.63) is 48.3 Å². The highest BCUT2D eigenvalue weighted by molar-refractivity contribution is 8.16. The van der Waals surface area contributed by atoms with Crippen LogP contribution in [0.5, 0.6) is 5.75 Å². The van der Waals surface area contributed by atoms with Gasteiger partial charge in [0.1, 0.15) is 5.75 Å². The number of carbonyl (C=O) groups is 1. The first kappa shape index (κ1) is 19.4. The van der Waals surface area contributed by atoms with Crippen molar-refractivity contribution in [1.29, 1.82) is 0 Å². The Hall–Kier alpha value is -1.93. The van der Waals surface area contributed by atoms with E-state index in [4.69, 9.17) is 4.74 Å². The maximum atomic E-state index is 12.5. The fraction of sp³-hybridized carbons (Fsp3) is 0.450. The predicted molar refractivity (Wildman–Crippen MR) is 115 cm³/mol. The van der Waals surface area contributed by atoms with E-state index in [0.717, 1.165) is 24.8 Å². The van der Waals surface area contributed by atoms with Crippen LogP contribution >= 0.6 is 23.5 Å². The Morgan fingerprint density at radius 1 is 1.04 bits per heavy atom. The van der Waals surface area contributed by atoms with Gasteiger partial charge in [0.2, 0.25) is 5.95 Å². The lowest BCUT2D eigenvalue weighted by Crippen LogP contribution is -2.50. The van der Waals surface area contributed by atoms with Crippen LogP contribution in [-0.2, 0) is 4.79 Å². The normalized spacial score (nSPS) is 18.1. The molecule has 1 aromatic heterocycles. The van der Waals surface area contributed by atoms with Crippen LogP contribution in [0.1, 0.15) is 16.6 Å². The second-order valence-electron chi connectivity index (χ2n) is 6.70. The third kappa shape index (κ3) is 4.91. The number of rotatable bonds is 5. The second kappa shape index (κ2) is 9.52. The zero-order valence-corrected chi connectivity index (χ0v) is 17.3. The SMILES string of the molecule is O=C(COc1ccc(C2SCCCS2)cc1)N1CCN(c2ncccn2)CC1. The highest BCUT2D eigenvalue weighted by atomic mass is 32.2. The molecule has 0 atom stereocenters. The van der Waals surface area contributed by atoms with Crippen molar-refractivity contribution < 1.29 is 9.53 Å². The first-order valence-electron chi connectivity index (χ1n) is 9.55. The molecule has 1 aromatic carbocycles. The Morgan fingerprint density at radius 3 is 2.39 bits per heavy atom. The molecule has 3 heterocycles. The molecule has 0 saturated carbocycles. The van der Waals surface area contributed by atoms with Crippen molar-refractivity contribution in [3.8, 4) is 5.75 Å². The van der Waals surface area contributed by atoms with Crippen LogP contribution in [0.25, 0.3) is 0 Å². The summed E-state index contributed by atoms with van der Waals surface area (Å²) in [4.78, 5) is 25.0. The van der Waals surface area contributed by atoms with Crippen LogP contribution in [0.15, 0.2) is 42.7 Å². The van der Waals surface area contributed by atoms with Gasteiger partial charge in [0, 0.05) is 38.6 Å². The lowest BCUT2D eigenvalue weighted by molar-refractivity contribution is -0.133. The van der Waals surface area contributed by atoms with Gasteiger partial charge in [-0.05, 0) is 41.7 Å². The summed E-state index contributed by atoms with van der Waals surface area (Å²) in [5, 5.41) is 0. The van der Waals surface area contributed by atoms with E-state index in [2.05, 4.69) is 27.0 Å². The molecule has 2 aliphatic heterocycles. The molecule has 0 bridgehead atoms. The van der Waals surface area contributed by atoms with Crippen molar-refractivity contribution in [1.82, 2.24) is 14.9 Å². The molecule has 148 valence electrons. The third-order valence-electron chi connectivity index (χ3n) is 4.81. The van der Waals surface area contributed by atoms with Crippen LogP contribution in [0.3, 0.4) is 0 Å². The third-order valence-corrected chi connectivity index (χ3v) is 7.82. The minimum Gasteiger partial charge on any atom is -0.484 e. The number of thioether (sulfide) groups is 2. The Balaban J connectivity index is 1.23. The molecule has 0 aliphatic carbocycles. The molecule has 0 spiro atoms. The fourth-order valence-electron chi connectivity index (χ4n) is 3.25. The maximum Gasteiger partial charge on any atom is 0.260 e. The summed E-state index contributed by atoms with van der Waals surface area (Å²) in [6.45, 7) is 2.88. The highest BCUT2D eigenvalue weighted by Crippen LogP contribution is 2.43. The first-order valence-corrected chi connectivity index (χ1v) is 11.6. The molecule has 0 unspecified atom stereocenters. The first-order chi connectivity index (χ1) is 13.8. The zero-order valence-electron chi connectivity index (χ0n) is 15.7. The summed E-state index contributed by atoms with van der Waals surface area (Å²) < 4.78 is 6.25. The number of hydrogen-bond donors (Lipinski definition) is 0. The number of hydrogen-bond acceptors (Lipinski definition) is 7. The predicted octanol–water partition coefficient (Wildman–Crippen LogP) is 3.07. The van der Waals surface area contributed by atoms with Crippen LogP contribution in [-0.4, -0.2) is 65.1 Å². The summed E-state index contributed by atoms with van der Waals surface area (Å²) in [6, 6.07) is 9.99. The van der Waals surface area contributed by atoms with Crippen LogP contribution in [0, 0.1) is 0 Å². The van der Waals surface area contributed by atoms with E-state index < -0.39 is 0 Å². The average molecular weight is 417 g/mol. The number of benzene rings is 1. The quantitative estimate of drug-likeness (QED) is 0.742. The van der Waals surface area contributed by atoms with E-state index in [0.29, 0.717) is 17.7 Å². The number of aromatic nitrogens is 2. The molecule has 8 heteroatoms. The van der Waals surface area contributed by atoms with Gasteiger partial charge in [-0.3, -0.25) is 4.79 Å². The molecule has 2 fully saturated rings. The van der Waals surface area contributed by atoms with Crippen LogP contribution in [0.4, 0.5) is 5.95 Å². The van der Waals surface area contributed by atoms with Gasteiger partial charge in [-0.2, -0.15) is 0 Å². The number of nitrogens with zero attached hydrogens (tertiary/aromatic N) is 4. The van der Waals surface area contributed by atoms with Gasteiger partial charge < -0.3 is 14.5 Å². The summed E-state index contributed by atoms with van der Waals surface area (Å²) in [6.07, 6.45) is 4.77. The van der Waals surface area contributed by atoms with Gasteiger partial charge in [0.25, 0.3) is 5.91 Å². The van der Waals surface area contributed by atoms with Gasteiger partial charge >= 0.3 is 0 Å². The van der Waals surface area contributed by atoms with Crippen LogP contribution < -0.4 is 9.64 Å². The Bertz CT molecular complexity index is 762. The van der Waals surface area contributed by atoms with E-state index in [1.165, 1.54) is 23.5 Å². The van der Waals surface area contributed by atoms with E-state index in [-0.39, 0.29) is 12.5 Å². The molecule has 2 aromatic rings. The summed E-state index contributed by atoms with van der Waals surface area (Å²) in [5.74, 6) is 3.96. The lowest BCUT2D eigenvalue weighted by atomic mass is 10.2. The largest absolute Gasteiger partial charge is 0.484 e. The van der Waals surface area contributed by atoms with Crippen LogP contribution in [0.2, 0.25) is 0 Å². The number of ether oxygens (including phenoxy) is 1. The van der Waals surface area contributed by atoms with E-state index in [9.17, 15) is 4.79 Å². The molecule has 6 nitrogen and oxygen atoms in total. The number of carbonyl (C=O) groups excluding carboxylic acids is 1. The minimum atomic E-state index is 0.0242. The Kier molecular flexibility index (Phi) is 6.59. The summed E-state index contributed by atoms with van der Waals surface area (Å²) in [5.41, 5.74) is 1.33. The van der Waals surface area contributed by atoms with Crippen molar-refractivity contribution >= 4 is 35.4 Å². The number of piperazine rings is 1. The topological polar surface area (TPSA) is 58.6 Å². The highest BCUT2D eigenvalue weighted by Gasteiger charge is 2.23. The molecular weight excluding hydrogens is 392 g/mol. The molecule has 0 radical (unpaired) electrons. The number of amides is 1. The van der Waals surface area contributed by atoms with E-state index in [1.54, 1.807) is 18.5 Å². The van der Waals surface area contributed by atoms with Gasteiger partial charge in [0.15, 0.2) is 6.61 Å². The molecule has 1 amide bonds. The maximum absolute atomic E-state index is 12.5. The molecular formula is C20H24N4O2S2. The summed E-state index contributed by atoms with van der Waals surface area (Å²) >= 11 is 4.01. The summed E-state index contributed by atoms with van der Waals surface area (Å²) in [7, 11) is 0. The smallest absolute Gasteiger partial charge is 0.260 e. The molecule has 4 rings (SSSR count). The van der Waals surface area contributed by atoms with Gasteiger partial charge in [-0.25, -0.2) is 9.97 Å². The van der Waals surface area contributed by atoms with Crippen molar-refractivity contribution in [2.24, 2.45) is 0 Å². The molecule has 2 saturated heterocycles. The monoisotopic (exact) mass is 416 g/mol. The molecule has 0 N–H and O–H groups in total.